The fraction of sp³-hybridized carbons (Fsp3) is 0.667. The molecular formula is C18H31Cl2N3O4. The van der Waals surface area contributed by atoms with E-state index in [0.717, 1.165) is 39.0 Å². The van der Waals surface area contributed by atoms with E-state index in [2.05, 4.69) is 24.1 Å². The van der Waals surface area contributed by atoms with E-state index in [1.807, 2.05) is 0 Å². The highest BCUT2D eigenvalue weighted by molar-refractivity contribution is 5.85. The number of halogens is 2. The molecule has 0 spiro atoms. The molecule has 0 saturated carbocycles. The lowest BCUT2D eigenvalue weighted by Crippen LogP contribution is -2.45. The zero-order valence-electron chi connectivity index (χ0n) is 16.4. The Bertz CT molecular complexity index is 596. The van der Waals surface area contributed by atoms with Gasteiger partial charge in [-0.3, -0.25) is 15.0 Å². The third kappa shape index (κ3) is 6.68. The molecule has 27 heavy (non-hydrogen) atoms. The van der Waals surface area contributed by atoms with Crippen molar-refractivity contribution >= 4 is 30.5 Å². The second-order valence-corrected chi connectivity index (χ2v) is 6.80. The van der Waals surface area contributed by atoms with Crippen LogP contribution in [0, 0.1) is 16.0 Å². The maximum atomic E-state index is 11.7. The molecule has 2 rings (SSSR count). The highest BCUT2D eigenvalue weighted by atomic mass is 35.5. The minimum Gasteiger partial charge on any atom is -0.493 e. The minimum absolute atomic E-state index is 0. The monoisotopic (exact) mass is 423 g/mol. The van der Waals surface area contributed by atoms with Gasteiger partial charge in [0.15, 0.2) is 11.5 Å². The summed E-state index contributed by atoms with van der Waals surface area (Å²) in [5.41, 5.74) is 0.815. The quantitative estimate of drug-likeness (QED) is 0.505. The van der Waals surface area contributed by atoms with Crippen LogP contribution in [0.5, 0.6) is 11.5 Å². The van der Waals surface area contributed by atoms with E-state index in [4.69, 9.17) is 9.47 Å². The Labute approximate surface area is 173 Å². The van der Waals surface area contributed by atoms with Gasteiger partial charge in [0.05, 0.1) is 30.8 Å². The van der Waals surface area contributed by atoms with Crippen molar-refractivity contribution in [3.8, 4) is 11.5 Å². The molecular weight excluding hydrogens is 393 g/mol. The lowest BCUT2D eigenvalue weighted by atomic mass is 9.94. The average Bonchev–Trinajstić information content (AvgIpc) is 2.61. The number of nitro groups is 1. The van der Waals surface area contributed by atoms with Crippen LogP contribution >= 0.6 is 24.8 Å². The van der Waals surface area contributed by atoms with Crippen LogP contribution in [0.15, 0.2) is 12.1 Å². The van der Waals surface area contributed by atoms with Crippen LogP contribution in [-0.2, 0) is 0 Å². The van der Waals surface area contributed by atoms with Crippen molar-refractivity contribution in [3.63, 3.8) is 0 Å². The van der Waals surface area contributed by atoms with Crippen molar-refractivity contribution in [2.75, 3.05) is 40.4 Å². The number of rotatable bonds is 8. The Hall–Kier alpha value is -1.28. The third-order valence-electron chi connectivity index (χ3n) is 4.70. The Balaban J connectivity index is 0.00000338. The molecule has 0 unspecified atom stereocenters. The lowest BCUT2D eigenvalue weighted by molar-refractivity contribution is -0.386. The Kier molecular flexibility index (Phi) is 11.7. The first-order valence-corrected chi connectivity index (χ1v) is 8.83. The van der Waals surface area contributed by atoms with Gasteiger partial charge in [-0.2, -0.15) is 0 Å². The average molecular weight is 424 g/mol. The van der Waals surface area contributed by atoms with Crippen molar-refractivity contribution in [2.45, 2.75) is 32.7 Å². The van der Waals surface area contributed by atoms with Gasteiger partial charge < -0.3 is 14.8 Å². The van der Waals surface area contributed by atoms with Gasteiger partial charge in [-0.25, -0.2) is 0 Å². The van der Waals surface area contributed by atoms with E-state index in [1.54, 1.807) is 13.2 Å². The standard InChI is InChI=1S/C18H29N3O4.2ClH/c1-13(2)5-6-15(20-9-7-19-8-10-20)14-11-17(24-3)18(25-4)12-16(14)21(22)23;;/h11-13,15,19H,5-10H2,1-4H3;2*1H/t15-;;/m1../s1. The molecule has 0 radical (unpaired) electrons. The first-order chi connectivity index (χ1) is 12.0. The van der Waals surface area contributed by atoms with Crippen LogP contribution in [-0.4, -0.2) is 50.2 Å². The molecule has 1 heterocycles. The van der Waals surface area contributed by atoms with Gasteiger partial charge in [-0.15, -0.1) is 24.8 Å². The Morgan fingerprint density at radius 1 is 1.11 bits per heavy atom. The van der Waals surface area contributed by atoms with Crippen molar-refractivity contribution in [1.82, 2.24) is 10.2 Å². The van der Waals surface area contributed by atoms with E-state index >= 15 is 0 Å². The number of hydrogen-bond acceptors (Lipinski definition) is 6. The van der Waals surface area contributed by atoms with E-state index < -0.39 is 0 Å². The van der Waals surface area contributed by atoms with Crippen molar-refractivity contribution in [2.24, 2.45) is 5.92 Å². The van der Waals surface area contributed by atoms with Crippen LogP contribution in [0.3, 0.4) is 0 Å². The molecule has 0 aliphatic carbocycles. The maximum Gasteiger partial charge on any atom is 0.278 e. The van der Waals surface area contributed by atoms with E-state index in [9.17, 15) is 10.1 Å². The summed E-state index contributed by atoms with van der Waals surface area (Å²) in [6.07, 6.45) is 1.90. The summed E-state index contributed by atoms with van der Waals surface area (Å²) in [6.45, 7) is 7.93. The molecule has 7 nitrogen and oxygen atoms in total. The normalized spacial score (nSPS) is 15.4. The summed E-state index contributed by atoms with van der Waals surface area (Å²) in [4.78, 5) is 13.7. The van der Waals surface area contributed by atoms with Gasteiger partial charge in [0.2, 0.25) is 0 Å². The molecule has 1 saturated heterocycles. The van der Waals surface area contributed by atoms with Crippen molar-refractivity contribution < 1.29 is 14.4 Å². The van der Waals surface area contributed by atoms with Crippen LogP contribution in [0.4, 0.5) is 5.69 Å². The highest BCUT2D eigenvalue weighted by Gasteiger charge is 2.30. The predicted molar refractivity (Wildman–Crippen MR) is 112 cm³/mol. The number of piperazine rings is 1. The van der Waals surface area contributed by atoms with Crippen LogP contribution in [0.2, 0.25) is 0 Å². The summed E-state index contributed by atoms with van der Waals surface area (Å²) in [6, 6.07) is 3.27. The first-order valence-electron chi connectivity index (χ1n) is 8.83. The molecule has 9 heteroatoms. The molecule has 1 aliphatic rings. The number of methoxy groups -OCH3 is 2. The summed E-state index contributed by atoms with van der Waals surface area (Å²) >= 11 is 0. The second-order valence-electron chi connectivity index (χ2n) is 6.80. The molecule has 1 aromatic rings. The Morgan fingerprint density at radius 3 is 2.15 bits per heavy atom. The molecule has 0 amide bonds. The molecule has 1 aliphatic heterocycles. The molecule has 1 fully saturated rings. The van der Waals surface area contributed by atoms with E-state index in [1.165, 1.54) is 13.2 Å². The van der Waals surface area contributed by atoms with Crippen LogP contribution in [0.1, 0.15) is 38.3 Å². The Morgan fingerprint density at radius 2 is 1.67 bits per heavy atom. The molecule has 1 N–H and O–H groups in total. The number of ether oxygens (including phenoxy) is 2. The number of nitro benzene ring substituents is 1. The smallest absolute Gasteiger partial charge is 0.278 e. The van der Waals surface area contributed by atoms with Crippen molar-refractivity contribution in [1.29, 1.82) is 0 Å². The SMILES string of the molecule is COc1cc([C@@H](CCC(C)C)N2CCNCC2)c([N+](=O)[O-])cc1OC.Cl.Cl. The van der Waals surface area contributed by atoms with Crippen LogP contribution in [0.25, 0.3) is 0 Å². The first kappa shape index (κ1) is 25.7. The van der Waals surface area contributed by atoms with E-state index in [-0.39, 0.29) is 41.5 Å². The number of benzene rings is 1. The molecule has 156 valence electrons. The zero-order chi connectivity index (χ0) is 18.4. The predicted octanol–water partition coefficient (Wildman–Crippen LogP) is 3.84. The maximum absolute atomic E-state index is 11.7. The van der Waals surface area contributed by atoms with Gasteiger partial charge in [-0.05, 0) is 24.8 Å². The van der Waals surface area contributed by atoms with Gasteiger partial charge in [0.1, 0.15) is 0 Å². The lowest BCUT2D eigenvalue weighted by Gasteiger charge is -2.35. The fourth-order valence-corrected chi connectivity index (χ4v) is 3.33. The van der Waals surface area contributed by atoms with E-state index in [0.29, 0.717) is 23.0 Å². The van der Waals surface area contributed by atoms with Crippen LogP contribution < -0.4 is 14.8 Å². The third-order valence-corrected chi connectivity index (χ3v) is 4.70. The molecule has 1 atom stereocenters. The topological polar surface area (TPSA) is 76.9 Å². The largest absolute Gasteiger partial charge is 0.493 e. The number of nitrogens with one attached hydrogen (secondary N) is 1. The van der Waals surface area contributed by atoms with Crippen molar-refractivity contribution in [3.05, 3.63) is 27.8 Å². The van der Waals surface area contributed by atoms with Gasteiger partial charge >= 0.3 is 0 Å². The second kappa shape index (κ2) is 12.2. The summed E-state index contributed by atoms with van der Waals surface area (Å²) in [7, 11) is 3.05. The molecule has 1 aromatic carbocycles. The van der Waals surface area contributed by atoms with Gasteiger partial charge in [-0.1, -0.05) is 13.8 Å². The summed E-state index contributed by atoms with van der Waals surface area (Å²) in [5.74, 6) is 1.47. The molecule has 0 bridgehead atoms. The molecule has 0 aromatic heterocycles. The minimum atomic E-state index is -0.318. The fourth-order valence-electron chi connectivity index (χ4n) is 3.33. The number of hydrogen-bond donors (Lipinski definition) is 1. The zero-order valence-corrected chi connectivity index (χ0v) is 18.0. The summed E-state index contributed by atoms with van der Waals surface area (Å²) in [5, 5.41) is 15.0. The summed E-state index contributed by atoms with van der Waals surface area (Å²) < 4.78 is 10.6. The van der Waals surface area contributed by atoms with Gasteiger partial charge in [0.25, 0.3) is 5.69 Å². The highest BCUT2D eigenvalue weighted by Crippen LogP contribution is 2.41. The van der Waals surface area contributed by atoms with Gasteiger partial charge in [0, 0.05) is 32.2 Å². The number of nitrogens with zero attached hydrogens (tertiary/aromatic N) is 2.